The lowest BCUT2D eigenvalue weighted by Crippen LogP contribution is -2.22. The van der Waals surface area contributed by atoms with E-state index in [-0.39, 0.29) is 0 Å². The minimum absolute atomic E-state index is 0.430. The number of anilines is 1. The summed E-state index contributed by atoms with van der Waals surface area (Å²) in [4.78, 5) is 0. The standard InChI is InChI=1S/C11H14Cl3NO/c1-11(2,16)3-4-15-10-6-8(13)7(12)5-9(10)14/h5-6,15-16H,3-4H2,1-2H3. The van der Waals surface area contributed by atoms with E-state index in [9.17, 15) is 5.11 Å². The van der Waals surface area contributed by atoms with E-state index < -0.39 is 5.60 Å². The Morgan fingerprint density at radius 3 is 2.25 bits per heavy atom. The number of halogens is 3. The maximum absolute atomic E-state index is 9.54. The minimum atomic E-state index is -0.699. The molecule has 90 valence electrons. The van der Waals surface area contributed by atoms with E-state index in [2.05, 4.69) is 5.32 Å². The van der Waals surface area contributed by atoms with E-state index in [4.69, 9.17) is 34.8 Å². The zero-order valence-electron chi connectivity index (χ0n) is 9.15. The lowest BCUT2D eigenvalue weighted by molar-refractivity contribution is 0.0749. The lowest BCUT2D eigenvalue weighted by atomic mass is 10.1. The molecule has 0 heterocycles. The van der Waals surface area contributed by atoms with E-state index >= 15 is 0 Å². The molecule has 0 bridgehead atoms. The summed E-state index contributed by atoms with van der Waals surface area (Å²) in [7, 11) is 0. The van der Waals surface area contributed by atoms with E-state index in [1.165, 1.54) is 0 Å². The van der Waals surface area contributed by atoms with Gasteiger partial charge in [-0.1, -0.05) is 34.8 Å². The summed E-state index contributed by atoms with van der Waals surface area (Å²) in [6.45, 7) is 4.12. The molecule has 0 saturated heterocycles. The van der Waals surface area contributed by atoms with Gasteiger partial charge in [0.1, 0.15) is 0 Å². The van der Waals surface area contributed by atoms with Crippen molar-refractivity contribution in [1.82, 2.24) is 0 Å². The van der Waals surface area contributed by atoms with E-state index in [1.807, 2.05) is 0 Å². The first-order valence-corrected chi connectivity index (χ1v) is 6.04. The molecule has 0 aromatic heterocycles. The summed E-state index contributed by atoms with van der Waals surface area (Å²) in [5.74, 6) is 0. The van der Waals surface area contributed by atoms with Crippen molar-refractivity contribution in [3.8, 4) is 0 Å². The van der Waals surface area contributed by atoms with Gasteiger partial charge in [0.15, 0.2) is 0 Å². The summed E-state index contributed by atoms with van der Waals surface area (Å²) in [6.07, 6.45) is 0.615. The fraction of sp³-hybridized carbons (Fsp3) is 0.455. The summed E-state index contributed by atoms with van der Waals surface area (Å²) in [5.41, 5.74) is 0.0238. The fourth-order valence-electron chi connectivity index (χ4n) is 1.16. The Morgan fingerprint density at radius 1 is 1.12 bits per heavy atom. The first kappa shape index (κ1) is 13.9. The van der Waals surface area contributed by atoms with Crippen LogP contribution in [0.2, 0.25) is 15.1 Å². The number of aliphatic hydroxyl groups is 1. The molecule has 2 N–H and O–H groups in total. The van der Waals surface area contributed by atoms with Crippen molar-refractivity contribution < 1.29 is 5.11 Å². The van der Waals surface area contributed by atoms with Crippen molar-refractivity contribution in [3.05, 3.63) is 27.2 Å². The molecule has 0 atom stereocenters. The third-order valence-electron chi connectivity index (χ3n) is 2.06. The molecular weight excluding hydrogens is 268 g/mol. The Morgan fingerprint density at radius 2 is 1.69 bits per heavy atom. The van der Waals surface area contributed by atoms with Gasteiger partial charge in [-0.05, 0) is 32.4 Å². The maximum Gasteiger partial charge on any atom is 0.0653 e. The van der Waals surface area contributed by atoms with Crippen LogP contribution in [0.4, 0.5) is 5.69 Å². The second kappa shape index (κ2) is 5.46. The highest BCUT2D eigenvalue weighted by molar-refractivity contribution is 6.44. The van der Waals surface area contributed by atoms with Crippen LogP contribution in [0, 0.1) is 0 Å². The van der Waals surface area contributed by atoms with E-state index in [0.717, 1.165) is 5.69 Å². The van der Waals surface area contributed by atoms with Crippen molar-refractivity contribution in [3.63, 3.8) is 0 Å². The van der Waals surface area contributed by atoms with Gasteiger partial charge in [-0.3, -0.25) is 0 Å². The van der Waals surface area contributed by atoms with Crippen LogP contribution in [-0.2, 0) is 0 Å². The SMILES string of the molecule is CC(C)(O)CCNc1cc(Cl)c(Cl)cc1Cl. The zero-order valence-corrected chi connectivity index (χ0v) is 11.4. The molecule has 2 nitrogen and oxygen atoms in total. The molecular formula is C11H14Cl3NO. The smallest absolute Gasteiger partial charge is 0.0653 e. The van der Waals surface area contributed by atoms with E-state index in [0.29, 0.717) is 28.0 Å². The average Bonchev–Trinajstić information content (AvgIpc) is 2.11. The van der Waals surface area contributed by atoms with Gasteiger partial charge in [0.25, 0.3) is 0 Å². The quantitative estimate of drug-likeness (QED) is 0.810. The molecule has 5 heteroatoms. The molecule has 1 aromatic rings. The van der Waals surface area contributed by atoms with Crippen molar-refractivity contribution in [2.45, 2.75) is 25.9 Å². The molecule has 0 aliphatic rings. The summed E-state index contributed by atoms with van der Waals surface area (Å²) in [6, 6.07) is 3.27. The van der Waals surface area contributed by atoms with Gasteiger partial charge < -0.3 is 10.4 Å². The summed E-state index contributed by atoms with van der Waals surface area (Å²) < 4.78 is 0. The van der Waals surface area contributed by atoms with E-state index in [1.54, 1.807) is 26.0 Å². The fourth-order valence-corrected chi connectivity index (χ4v) is 1.77. The topological polar surface area (TPSA) is 32.3 Å². The molecule has 16 heavy (non-hydrogen) atoms. The van der Waals surface area contributed by atoms with Crippen LogP contribution in [0.25, 0.3) is 0 Å². The van der Waals surface area contributed by atoms with Gasteiger partial charge in [-0.25, -0.2) is 0 Å². The van der Waals surface area contributed by atoms with Crippen LogP contribution in [0.1, 0.15) is 20.3 Å². The largest absolute Gasteiger partial charge is 0.390 e. The van der Waals surface area contributed by atoms with Crippen molar-refractivity contribution in [2.75, 3.05) is 11.9 Å². The second-order valence-electron chi connectivity index (χ2n) is 4.24. The third-order valence-corrected chi connectivity index (χ3v) is 3.10. The molecule has 0 spiro atoms. The summed E-state index contributed by atoms with van der Waals surface area (Å²) >= 11 is 17.7. The predicted molar refractivity (Wildman–Crippen MR) is 70.9 cm³/mol. The van der Waals surface area contributed by atoms with Crippen molar-refractivity contribution in [1.29, 1.82) is 0 Å². The first-order chi connectivity index (χ1) is 7.29. The van der Waals surface area contributed by atoms with Crippen LogP contribution >= 0.6 is 34.8 Å². The van der Waals surface area contributed by atoms with Crippen LogP contribution in [-0.4, -0.2) is 17.3 Å². The highest BCUT2D eigenvalue weighted by Crippen LogP contribution is 2.32. The van der Waals surface area contributed by atoms with Gasteiger partial charge in [-0.15, -0.1) is 0 Å². The van der Waals surface area contributed by atoms with Crippen LogP contribution < -0.4 is 5.32 Å². The van der Waals surface area contributed by atoms with Crippen molar-refractivity contribution >= 4 is 40.5 Å². The van der Waals surface area contributed by atoms with Gasteiger partial charge in [-0.2, -0.15) is 0 Å². The Hall–Kier alpha value is -0.150. The Balaban J connectivity index is 2.64. The second-order valence-corrected chi connectivity index (χ2v) is 5.46. The van der Waals surface area contributed by atoms with Crippen molar-refractivity contribution in [2.24, 2.45) is 0 Å². The van der Waals surface area contributed by atoms with Crippen LogP contribution in [0.3, 0.4) is 0 Å². The molecule has 0 aliphatic carbocycles. The molecule has 0 aliphatic heterocycles. The molecule has 0 fully saturated rings. The number of hydrogen-bond acceptors (Lipinski definition) is 2. The van der Waals surface area contributed by atoms with Gasteiger partial charge in [0.05, 0.1) is 26.4 Å². The first-order valence-electron chi connectivity index (χ1n) is 4.90. The number of nitrogens with one attached hydrogen (secondary N) is 1. The van der Waals surface area contributed by atoms with Gasteiger partial charge in [0, 0.05) is 6.54 Å². The molecule has 1 aromatic carbocycles. The maximum atomic E-state index is 9.54. The highest BCUT2D eigenvalue weighted by Gasteiger charge is 2.12. The van der Waals surface area contributed by atoms with Crippen LogP contribution in [0.15, 0.2) is 12.1 Å². The monoisotopic (exact) mass is 281 g/mol. The molecule has 0 unspecified atom stereocenters. The van der Waals surface area contributed by atoms with Gasteiger partial charge in [0.2, 0.25) is 0 Å². The number of rotatable bonds is 4. The minimum Gasteiger partial charge on any atom is -0.390 e. The highest BCUT2D eigenvalue weighted by atomic mass is 35.5. The predicted octanol–water partition coefficient (Wildman–Crippen LogP) is 4.22. The Bertz CT molecular complexity index is 374. The third kappa shape index (κ3) is 4.38. The Kier molecular flexibility index (Phi) is 4.74. The van der Waals surface area contributed by atoms with Crippen LogP contribution in [0.5, 0.6) is 0 Å². The molecule has 0 amide bonds. The molecule has 0 saturated carbocycles. The Labute approximate surface area is 111 Å². The van der Waals surface area contributed by atoms with Gasteiger partial charge >= 0.3 is 0 Å². The lowest BCUT2D eigenvalue weighted by Gasteiger charge is -2.18. The molecule has 1 rings (SSSR count). The average molecular weight is 283 g/mol. The summed E-state index contributed by atoms with van der Waals surface area (Å²) in [5, 5.41) is 14.1. The normalized spacial score (nSPS) is 11.6. The number of hydrogen-bond donors (Lipinski definition) is 2. The molecule has 0 radical (unpaired) electrons. The zero-order chi connectivity index (χ0) is 12.3. The number of benzene rings is 1.